The van der Waals surface area contributed by atoms with Gasteiger partial charge in [0.15, 0.2) is 0 Å². The normalized spacial score (nSPS) is 13.6. The van der Waals surface area contributed by atoms with E-state index in [1.807, 2.05) is 37.3 Å². The van der Waals surface area contributed by atoms with Crippen LogP contribution < -0.4 is 0 Å². The molecule has 0 bridgehead atoms. The molecule has 5 heteroatoms. The molecule has 0 fully saturated rings. The lowest BCUT2D eigenvalue weighted by molar-refractivity contribution is 0.317. The van der Waals surface area contributed by atoms with Crippen LogP contribution in [-0.2, 0) is 9.05 Å². The highest BCUT2D eigenvalue weighted by Gasteiger charge is 2.11. The number of benzene rings is 1. The maximum absolute atomic E-state index is 5.90. The van der Waals surface area contributed by atoms with Crippen LogP contribution in [0.25, 0.3) is 5.76 Å². The van der Waals surface area contributed by atoms with Crippen LogP contribution in [-0.4, -0.2) is 6.61 Å². The molecule has 1 rings (SSSR count). The summed E-state index contributed by atoms with van der Waals surface area (Å²) in [4.78, 5) is 0. The van der Waals surface area contributed by atoms with E-state index in [1.54, 1.807) is 0 Å². The summed E-state index contributed by atoms with van der Waals surface area (Å²) in [6.45, 7) is 2.59. The van der Waals surface area contributed by atoms with Gasteiger partial charge < -0.3 is 9.05 Å². The van der Waals surface area contributed by atoms with Gasteiger partial charge in [0.05, 0.1) is 6.61 Å². The molecule has 0 aliphatic carbocycles. The molecule has 1 atom stereocenters. The van der Waals surface area contributed by atoms with Crippen molar-refractivity contribution in [2.45, 2.75) is 13.3 Å². The van der Waals surface area contributed by atoms with Gasteiger partial charge in [0.1, 0.15) is 5.76 Å². The summed E-state index contributed by atoms with van der Waals surface area (Å²) in [5.41, 5.74) is 2.24. The minimum Gasteiger partial charge on any atom is -0.434 e. The highest BCUT2D eigenvalue weighted by molar-refractivity contribution is 7.76. The third kappa shape index (κ3) is 4.71. The summed E-state index contributed by atoms with van der Waals surface area (Å²) in [7, 11) is -1.44. The second-order valence-electron chi connectivity index (χ2n) is 2.98. The van der Waals surface area contributed by atoms with E-state index in [4.69, 9.17) is 31.9 Å². The van der Waals surface area contributed by atoms with Crippen molar-refractivity contribution < 1.29 is 9.05 Å². The van der Waals surface area contributed by atoms with Crippen molar-refractivity contribution in [3.8, 4) is 0 Å². The van der Waals surface area contributed by atoms with Gasteiger partial charge in [-0.2, -0.15) is 0 Å². The third-order valence-corrected chi connectivity index (χ3v) is 3.15. The van der Waals surface area contributed by atoms with E-state index in [9.17, 15) is 0 Å². The second kappa shape index (κ2) is 7.92. The zero-order valence-electron chi connectivity index (χ0n) is 8.90. The van der Waals surface area contributed by atoms with Gasteiger partial charge in [-0.05, 0) is 17.7 Å². The first kappa shape index (κ1) is 13.8. The molecule has 88 valence electrons. The van der Waals surface area contributed by atoms with Gasteiger partial charge in [0.2, 0.25) is 0 Å². The molecule has 2 nitrogen and oxygen atoms in total. The summed E-state index contributed by atoms with van der Waals surface area (Å²) >= 11 is 11.6. The van der Waals surface area contributed by atoms with Crippen LogP contribution in [0.3, 0.4) is 0 Å². The Bertz CT molecular complexity index is 330. The van der Waals surface area contributed by atoms with E-state index in [0.717, 1.165) is 12.0 Å². The standard InChI is InChI=1S/C11H13Cl2O2P/c1-2-8-14-16(13)15-11(9-12)10-6-4-3-5-7-10/h3-7,9H,2,8H2,1H3/b11-9-. The van der Waals surface area contributed by atoms with E-state index < -0.39 is 7.73 Å². The Balaban J connectivity index is 2.57. The Kier molecular flexibility index (Phi) is 6.82. The molecule has 0 aliphatic rings. The zero-order chi connectivity index (χ0) is 11.8. The predicted octanol–water partition coefficient (Wildman–Crippen LogP) is 5.13. The molecule has 1 unspecified atom stereocenters. The van der Waals surface area contributed by atoms with Gasteiger partial charge in [-0.3, -0.25) is 0 Å². The highest BCUT2D eigenvalue weighted by atomic mass is 35.7. The summed E-state index contributed by atoms with van der Waals surface area (Å²) in [6, 6.07) is 9.53. The van der Waals surface area contributed by atoms with Gasteiger partial charge in [0.25, 0.3) is 0 Å². The van der Waals surface area contributed by atoms with E-state index in [0.29, 0.717) is 12.4 Å². The quantitative estimate of drug-likeness (QED) is 0.530. The molecule has 0 radical (unpaired) electrons. The second-order valence-corrected chi connectivity index (χ2v) is 4.89. The van der Waals surface area contributed by atoms with Crippen LogP contribution in [0.4, 0.5) is 0 Å². The molecule has 1 aromatic carbocycles. The van der Waals surface area contributed by atoms with E-state index in [1.165, 1.54) is 5.54 Å². The van der Waals surface area contributed by atoms with Gasteiger partial charge >= 0.3 is 7.73 Å². The third-order valence-electron chi connectivity index (χ3n) is 1.72. The summed E-state index contributed by atoms with van der Waals surface area (Å²) < 4.78 is 10.7. The Labute approximate surface area is 107 Å². The Hall–Kier alpha value is -0.270. The number of hydrogen-bond donors (Lipinski definition) is 0. The van der Waals surface area contributed by atoms with Crippen molar-refractivity contribution in [1.29, 1.82) is 0 Å². The topological polar surface area (TPSA) is 18.5 Å². The van der Waals surface area contributed by atoms with Gasteiger partial charge in [-0.25, -0.2) is 0 Å². The smallest absolute Gasteiger partial charge is 0.338 e. The lowest BCUT2D eigenvalue weighted by Crippen LogP contribution is -1.89. The summed E-state index contributed by atoms with van der Waals surface area (Å²) in [5, 5.41) is 0. The summed E-state index contributed by atoms with van der Waals surface area (Å²) in [5.74, 6) is 0.527. The first-order chi connectivity index (χ1) is 7.77. The fourth-order valence-corrected chi connectivity index (χ4v) is 2.36. The van der Waals surface area contributed by atoms with Crippen molar-refractivity contribution in [3.63, 3.8) is 0 Å². The fraction of sp³-hybridized carbons (Fsp3) is 0.273. The minimum absolute atomic E-state index is 0.527. The predicted molar refractivity (Wildman–Crippen MR) is 70.4 cm³/mol. The Morgan fingerprint density at radius 1 is 1.38 bits per heavy atom. The number of halogens is 2. The van der Waals surface area contributed by atoms with Crippen LogP contribution in [0.2, 0.25) is 0 Å². The molecule has 0 N–H and O–H groups in total. The molecule has 0 heterocycles. The molecule has 0 saturated carbocycles. The molecule has 1 aromatic rings. The van der Waals surface area contributed by atoms with E-state index >= 15 is 0 Å². The Morgan fingerprint density at radius 2 is 2.06 bits per heavy atom. The van der Waals surface area contributed by atoms with Crippen molar-refractivity contribution in [3.05, 3.63) is 41.4 Å². The average Bonchev–Trinajstić information content (AvgIpc) is 2.34. The maximum atomic E-state index is 5.90. The first-order valence-corrected chi connectivity index (χ1v) is 7.42. The molecular formula is C11H13Cl2O2P. The van der Waals surface area contributed by atoms with Crippen molar-refractivity contribution in [2.24, 2.45) is 0 Å². The zero-order valence-corrected chi connectivity index (χ0v) is 11.3. The molecule has 0 saturated heterocycles. The lowest BCUT2D eigenvalue weighted by atomic mass is 10.2. The lowest BCUT2D eigenvalue weighted by Gasteiger charge is -2.13. The fourth-order valence-electron chi connectivity index (χ4n) is 1.00. The SMILES string of the molecule is CCCOP(Cl)O/C(=C\Cl)c1ccccc1. The van der Waals surface area contributed by atoms with E-state index in [-0.39, 0.29) is 0 Å². The molecule has 0 spiro atoms. The minimum atomic E-state index is -1.44. The number of hydrogen-bond acceptors (Lipinski definition) is 2. The largest absolute Gasteiger partial charge is 0.434 e. The van der Waals surface area contributed by atoms with Crippen LogP contribution in [0, 0.1) is 0 Å². The van der Waals surface area contributed by atoms with Crippen molar-refractivity contribution in [1.82, 2.24) is 0 Å². The number of rotatable bonds is 6. The van der Waals surface area contributed by atoms with Crippen LogP contribution in [0.1, 0.15) is 18.9 Å². The van der Waals surface area contributed by atoms with Crippen molar-refractivity contribution >= 4 is 36.3 Å². The van der Waals surface area contributed by atoms with Crippen LogP contribution >= 0.6 is 30.6 Å². The van der Waals surface area contributed by atoms with E-state index in [2.05, 4.69) is 0 Å². The van der Waals surface area contributed by atoms with Gasteiger partial charge in [-0.15, -0.1) is 0 Å². The highest BCUT2D eigenvalue weighted by Crippen LogP contribution is 2.47. The van der Waals surface area contributed by atoms with Gasteiger partial charge in [-0.1, -0.05) is 48.9 Å². The van der Waals surface area contributed by atoms with Crippen molar-refractivity contribution in [2.75, 3.05) is 6.61 Å². The molecule has 0 aromatic heterocycles. The molecule has 0 aliphatic heterocycles. The van der Waals surface area contributed by atoms with Gasteiger partial charge in [0, 0.05) is 11.1 Å². The first-order valence-electron chi connectivity index (χ1n) is 4.90. The Morgan fingerprint density at radius 3 is 2.62 bits per heavy atom. The van der Waals surface area contributed by atoms with Crippen LogP contribution in [0.15, 0.2) is 35.9 Å². The molecule has 16 heavy (non-hydrogen) atoms. The molecule has 0 amide bonds. The van der Waals surface area contributed by atoms with Crippen LogP contribution in [0.5, 0.6) is 0 Å². The average molecular weight is 279 g/mol. The summed E-state index contributed by atoms with van der Waals surface area (Å²) in [6.07, 6.45) is 0.903. The maximum Gasteiger partial charge on any atom is 0.338 e. The molecular weight excluding hydrogens is 266 g/mol. The monoisotopic (exact) mass is 278 g/mol.